The molecule has 0 aliphatic rings. The molecule has 0 atom stereocenters. The zero-order valence-corrected chi connectivity index (χ0v) is 8.98. The normalized spacial score (nSPS) is 9.56. The number of aliphatic hydroxyl groups excluding tert-OH is 1. The van der Waals surface area contributed by atoms with Crippen molar-refractivity contribution in [2.24, 2.45) is 0 Å². The van der Waals surface area contributed by atoms with E-state index in [1.54, 1.807) is 0 Å². The zero-order valence-electron chi connectivity index (χ0n) is 8.98. The average Bonchev–Trinajstić information content (AvgIpc) is 2.34. The standard InChI is InChI=1S/C12H15NO3/c1-2-7-16-12(15)13-8-10-3-5-11(9-14)6-4-10/h2-6,14H,1,7-9H2,(H,13,15). The van der Waals surface area contributed by atoms with E-state index in [1.807, 2.05) is 24.3 Å². The lowest BCUT2D eigenvalue weighted by Crippen LogP contribution is -2.23. The number of benzene rings is 1. The first-order valence-electron chi connectivity index (χ1n) is 4.96. The Labute approximate surface area is 94.6 Å². The Hall–Kier alpha value is -1.81. The number of rotatable bonds is 5. The minimum absolute atomic E-state index is 0.0229. The van der Waals surface area contributed by atoms with Crippen LogP contribution in [0.3, 0.4) is 0 Å². The molecule has 0 aliphatic heterocycles. The van der Waals surface area contributed by atoms with Crippen molar-refractivity contribution in [3.63, 3.8) is 0 Å². The number of hydrogen-bond acceptors (Lipinski definition) is 3. The monoisotopic (exact) mass is 221 g/mol. The van der Waals surface area contributed by atoms with E-state index in [4.69, 9.17) is 9.84 Å². The van der Waals surface area contributed by atoms with Gasteiger partial charge in [-0.3, -0.25) is 0 Å². The fourth-order valence-corrected chi connectivity index (χ4v) is 1.12. The fraction of sp³-hybridized carbons (Fsp3) is 0.250. The Morgan fingerprint density at radius 3 is 2.56 bits per heavy atom. The number of carbonyl (C=O) groups excluding carboxylic acids is 1. The third-order valence-corrected chi connectivity index (χ3v) is 1.97. The Kier molecular flexibility index (Phi) is 5.08. The molecular formula is C12H15NO3. The summed E-state index contributed by atoms with van der Waals surface area (Å²) in [6.07, 6.45) is 1.04. The Morgan fingerprint density at radius 2 is 2.00 bits per heavy atom. The predicted octanol–water partition coefficient (Wildman–Crippen LogP) is 1.59. The second-order valence-corrected chi connectivity index (χ2v) is 3.22. The molecule has 0 unspecified atom stereocenters. The molecule has 0 fully saturated rings. The van der Waals surface area contributed by atoms with Crippen molar-refractivity contribution in [1.82, 2.24) is 5.32 Å². The highest BCUT2D eigenvalue weighted by Crippen LogP contribution is 2.03. The summed E-state index contributed by atoms with van der Waals surface area (Å²) in [5.74, 6) is 0. The first kappa shape index (κ1) is 12.3. The molecule has 0 saturated carbocycles. The number of carbonyl (C=O) groups is 1. The maximum Gasteiger partial charge on any atom is 0.407 e. The van der Waals surface area contributed by atoms with E-state index in [-0.39, 0.29) is 13.2 Å². The quantitative estimate of drug-likeness (QED) is 0.742. The molecule has 0 saturated heterocycles. The lowest BCUT2D eigenvalue weighted by Gasteiger charge is -2.05. The van der Waals surface area contributed by atoms with Crippen LogP contribution >= 0.6 is 0 Å². The molecule has 1 aromatic carbocycles. The van der Waals surface area contributed by atoms with Gasteiger partial charge in [0.15, 0.2) is 0 Å². The molecule has 0 bridgehead atoms. The van der Waals surface area contributed by atoms with Crippen LogP contribution < -0.4 is 5.32 Å². The molecule has 1 aromatic rings. The summed E-state index contributed by atoms with van der Waals surface area (Å²) in [6, 6.07) is 7.32. The van der Waals surface area contributed by atoms with E-state index in [0.717, 1.165) is 11.1 Å². The summed E-state index contributed by atoms with van der Waals surface area (Å²) in [7, 11) is 0. The third-order valence-electron chi connectivity index (χ3n) is 1.97. The van der Waals surface area contributed by atoms with Crippen LogP contribution in [0.25, 0.3) is 0 Å². The van der Waals surface area contributed by atoms with Crippen molar-refractivity contribution in [3.05, 3.63) is 48.0 Å². The summed E-state index contributed by atoms with van der Waals surface area (Å²) in [4.78, 5) is 11.1. The maximum absolute atomic E-state index is 11.1. The molecule has 4 nitrogen and oxygen atoms in total. The van der Waals surface area contributed by atoms with Gasteiger partial charge in [0, 0.05) is 6.54 Å². The van der Waals surface area contributed by atoms with Crippen LogP contribution in [0, 0.1) is 0 Å². The van der Waals surface area contributed by atoms with Crippen molar-refractivity contribution < 1.29 is 14.6 Å². The van der Waals surface area contributed by atoms with Gasteiger partial charge in [-0.25, -0.2) is 4.79 Å². The van der Waals surface area contributed by atoms with E-state index in [2.05, 4.69) is 11.9 Å². The van der Waals surface area contributed by atoms with Crippen LogP contribution in [-0.2, 0) is 17.9 Å². The lowest BCUT2D eigenvalue weighted by molar-refractivity contribution is 0.158. The molecular weight excluding hydrogens is 206 g/mol. The Morgan fingerprint density at radius 1 is 1.38 bits per heavy atom. The summed E-state index contributed by atoms with van der Waals surface area (Å²) >= 11 is 0. The maximum atomic E-state index is 11.1. The van der Waals surface area contributed by atoms with Crippen molar-refractivity contribution in [2.45, 2.75) is 13.2 Å². The van der Waals surface area contributed by atoms with E-state index >= 15 is 0 Å². The summed E-state index contributed by atoms with van der Waals surface area (Å²) in [6.45, 7) is 4.07. The van der Waals surface area contributed by atoms with E-state index in [9.17, 15) is 4.79 Å². The van der Waals surface area contributed by atoms with Gasteiger partial charge in [-0.2, -0.15) is 0 Å². The number of ether oxygens (including phenoxy) is 1. The smallest absolute Gasteiger partial charge is 0.407 e. The highest BCUT2D eigenvalue weighted by molar-refractivity contribution is 5.67. The highest BCUT2D eigenvalue weighted by atomic mass is 16.5. The van der Waals surface area contributed by atoms with Gasteiger partial charge in [-0.05, 0) is 11.1 Å². The first-order valence-corrected chi connectivity index (χ1v) is 4.96. The second kappa shape index (κ2) is 6.63. The summed E-state index contributed by atoms with van der Waals surface area (Å²) in [5.41, 5.74) is 1.80. The summed E-state index contributed by atoms with van der Waals surface area (Å²) < 4.78 is 4.75. The van der Waals surface area contributed by atoms with Crippen molar-refractivity contribution in [2.75, 3.05) is 6.61 Å². The van der Waals surface area contributed by atoms with Crippen LogP contribution in [0.15, 0.2) is 36.9 Å². The van der Waals surface area contributed by atoms with Gasteiger partial charge in [0.1, 0.15) is 6.61 Å². The van der Waals surface area contributed by atoms with Crippen LogP contribution in [0.1, 0.15) is 11.1 Å². The first-order chi connectivity index (χ1) is 7.76. The molecule has 1 amide bonds. The molecule has 2 N–H and O–H groups in total. The van der Waals surface area contributed by atoms with Crippen LogP contribution in [0.2, 0.25) is 0 Å². The van der Waals surface area contributed by atoms with Crippen molar-refractivity contribution >= 4 is 6.09 Å². The number of nitrogens with one attached hydrogen (secondary N) is 1. The van der Waals surface area contributed by atoms with Crippen LogP contribution in [0.5, 0.6) is 0 Å². The molecule has 4 heteroatoms. The molecule has 16 heavy (non-hydrogen) atoms. The lowest BCUT2D eigenvalue weighted by atomic mass is 10.1. The van der Waals surface area contributed by atoms with Crippen LogP contribution in [0.4, 0.5) is 4.79 Å². The second-order valence-electron chi connectivity index (χ2n) is 3.22. The van der Waals surface area contributed by atoms with Gasteiger partial charge >= 0.3 is 6.09 Å². The van der Waals surface area contributed by atoms with Gasteiger partial charge < -0.3 is 15.2 Å². The molecule has 1 rings (SSSR count). The fourth-order valence-electron chi connectivity index (χ4n) is 1.12. The third kappa shape index (κ3) is 4.14. The number of alkyl carbamates (subject to hydrolysis) is 1. The molecule has 0 radical (unpaired) electrons. The minimum atomic E-state index is -0.467. The topological polar surface area (TPSA) is 58.6 Å². The Balaban J connectivity index is 2.36. The van der Waals surface area contributed by atoms with E-state index < -0.39 is 6.09 Å². The zero-order chi connectivity index (χ0) is 11.8. The van der Waals surface area contributed by atoms with Crippen molar-refractivity contribution in [3.8, 4) is 0 Å². The van der Waals surface area contributed by atoms with Gasteiger partial charge in [0.2, 0.25) is 0 Å². The predicted molar refractivity (Wildman–Crippen MR) is 60.7 cm³/mol. The van der Waals surface area contributed by atoms with Gasteiger partial charge in [0.05, 0.1) is 6.61 Å². The van der Waals surface area contributed by atoms with Gasteiger partial charge in [-0.15, -0.1) is 0 Å². The van der Waals surface area contributed by atoms with Crippen LogP contribution in [-0.4, -0.2) is 17.8 Å². The summed E-state index contributed by atoms with van der Waals surface area (Å²) in [5, 5.41) is 11.4. The minimum Gasteiger partial charge on any atom is -0.445 e. The largest absolute Gasteiger partial charge is 0.445 e. The SMILES string of the molecule is C=CCOC(=O)NCc1ccc(CO)cc1. The molecule has 0 heterocycles. The number of hydrogen-bond donors (Lipinski definition) is 2. The number of aliphatic hydroxyl groups is 1. The van der Waals surface area contributed by atoms with E-state index in [1.165, 1.54) is 6.08 Å². The highest BCUT2D eigenvalue weighted by Gasteiger charge is 2.00. The number of amides is 1. The average molecular weight is 221 g/mol. The van der Waals surface area contributed by atoms with E-state index in [0.29, 0.717) is 6.54 Å². The Bertz CT molecular complexity index is 346. The van der Waals surface area contributed by atoms with Gasteiger partial charge in [-0.1, -0.05) is 36.9 Å². The van der Waals surface area contributed by atoms with Crippen molar-refractivity contribution in [1.29, 1.82) is 0 Å². The van der Waals surface area contributed by atoms with Gasteiger partial charge in [0.25, 0.3) is 0 Å². The molecule has 0 aliphatic carbocycles. The molecule has 0 spiro atoms. The molecule has 0 aromatic heterocycles. The molecule has 86 valence electrons.